The van der Waals surface area contributed by atoms with E-state index < -0.39 is 0 Å². The second-order valence-electron chi connectivity index (χ2n) is 7.99. The van der Waals surface area contributed by atoms with E-state index in [-0.39, 0.29) is 5.91 Å². The zero-order valence-corrected chi connectivity index (χ0v) is 15.6. The quantitative estimate of drug-likeness (QED) is 0.815. The molecule has 0 radical (unpaired) electrons. The van der Waals surface area contributed by atoms with Crippen molar-refractivity contribution in [3.05, 3.63) is 35.7 Å². The molecular formula is C20H27N3O2. The van der Waals surface area contributed by atoms with Gasteiger partial charge in [0.15, 0.2) is 0 Å². The summed E-state index contributed by atoms with van der Waals surface area (Å²) in [5.41, 5.74) is 1.77. The molecule has 1 aromatic carbocycles. The predicted molar refractivity (Wildman–Crippen MR) is 97.2 cm³/mol. The Morgan fingerprint density at radius 2 is 2.00 bits per heavy atom. The van der Waals surface area contributed by atoms with Crippen molar-refractivity contribution >= 4 is 5.91 Å². The number of carbonyl (C=O) groups is 1. The zero-order chi connectivity index (χ0) is 18.0. The van der Waals surface area contributed by atoms with Gasteiger partial charge in [0.2, 0.25) is 11.8 Å². The number of hydrogen-bond donors (Lipinski definition) is 0. The van der Waals surface area contributed by atoms with Crippen molar-refractivity contribution in [2.75, 3.05) is 13.1 Å². The lowest BCUT2D eigenvalue weighted by Gasteiger charge is -2.29. The molecule has 1 amide bonds. The summed E-state index contributed by atoms with van der Waals surface area (Å²) in [5.74, 6) is 1.73. The number of amides is 1. The molecular weight excluding hydrogens is 314 g/mol. The topological polar surface area (TPSA) is 59.2 Å². The second kappa shape index (κ2) is 6.98. The highest BCUT2D eigenvalue weighted by atomic mass is 16.4. The minimum atomic E-state index is 0.0904. The molecule has 25 heavy (non-hydrogen) atoms. The molecule has 0 unspecified atom stereocenters. The van der Waals surface area contributed by atoms with E-state index in [0.29, 0.717) is 28.7 Å². The summed E-state index contributed by atoms with van der Waals surface area (Å²) in [6.07, 6.45) is 3.32. The number of likely N-dealkylation sites (tertiary alicyclic amines) is 1. The van der Waals surface area contributed by atoms with E-state index in [4.69, 9.17) is 4.42 Å². The summed E-state index contributed by atoms with van der Waals surface area (Å²) in [5, 5.41) is 7.90. The Balaban J connectivity index is 1.75. The molecule has 0 aliphatic carbocycles. The number of nitrogens with zero attached hydrogens (tertiary/aromatic N) is 3. The van der Waals surface area contributed by atoms with E-state index in [1.807, 2.05) is 29.2 Å². The maximum Gasteiger partial charge on any atom is 0.253 e. The van der Waals surface area contributed by atoms with Gasteiger partial charge in [-0.2, -0.15) is 0 Å². The van der Waals surface area contributed by atoms with Crippen LogP contribution in [0.15, 0.2) is 28.7 Å². The van der Waals surface area contributed by atoms with Gasteiger partial charge >= 0.3 is 0 Å². The average molecular weight is 341 g/mol. The summed E-state index contributed by atoms with van der Waals surface area (Å²) in [6, 6.07) is 7.47. The van der Waals surface area contributed by atoms with Gasteiger partial charge in [0, 0.05) is 31.1 Å². The normalized spacial score (nSPS) is 18.9. The van der Waals surface area contributed by atoms with Crippen molar-refractivity contribution < 1.29 is 9.21 Å². The average Bonchev–Trinajstić information content (AvgIpc) is 2.85. The molecule has 134 valence electrons. The third-order valence-electron chi connectivity index (χ3n) is 5.12. The molecule has 1 fully saturated rings. The largest absolute Gasteiger partial charge is 0.421 e. The summed E-state index contributed by atoms with van der Waals surface area (Å²) in [6.45, 7) is 10.3. The number of benzene rings is 1. The minimum absolute atomic E-state index is 0.0904. The number of hydrogen-bond acceptors (Lipinski definition) is 4. The molecule has 2 heterocycles. The number of carbonyl (C=O) groups excluding carboxylic acids is 1. The number of aryl methyl sites for hydroxylation is 1. The maximum absolute atomic E-state index is 13.0. The Labute approximate surface area is 149 Å². The standard InChI is InChI=1S/C20H27N3O2/c1-14-21-22-18(25-14)15-7-5-8-16(13-15)19(24)23-11-6-9-17(10-12-23)20(2,3)4/h5,7-8,13,17H,6,9-12H2,1-4H3/t17-/m1/s1. The van der Waals surface area contributed by atoms with Crippen LogP contribution in [0.25, 0.3) is 11.5 Å². The van der Waals surface area contributed by atoms with Gasteiger partial charge in [0.25, 0.3) is 5.91 Å². The first-order chi connectivity index (χ1) is 11.8. The Morgan fingerprint density at radius 3 is 2.68 bits per heavy atom. The molecule has 3 rings (SSSR count). The molecule has 0 spiro atoms. The summed E-state index contributed by atoms with van der Waals surface area (Å²) < 4.78 is 5.47. The van der Waals surface area contributed by atoms with Crippen molar-refractivity contribution in [1.29, 1.82) is 0 Å². The smallest absolute Gasteiger partial charge is 0.253 e. The van der Waals surface area contributed by atoms with Crippen LogP contribution in [0.1, 0.15) is 56.3 Å². The highest BCUT2D eigenvalue weighted by Gasteiger charge is 2.28. The van der Waals surface area contributed by atoms with Crippen molar-refractivity contribution in [3.63, 3.8) is 0 Å². The lowest BCUT2D eigenvalue weighted by Crippen LogP contribution is -2.32. The Morgan fingerprint density at radius 1 is 1.20 bits per heavy atom. The fraction of sp³-hybridized carbons (Fsp3) is 0.550. The van der Waals surface area contributed by atoms with Crippen molar-refractivity contribution in [1.82, 2.24) is 15.1 Å². The van der Waals surface area contributed by atoms with Crippen LogP contribution in [-0.4, -0.2) is 34.1 Å². The van der Waals surface area contributed by atoms with Crippen LogP contribution in [0.3, 0.4) is 0 Å². The first kappa shape index (κ1) is 17.6. The summed E-state index contributed by atoms with van der Waals surface area (Å²) in [4.78, 5) is 14.9. The monoisotopic (exact) mass is 341 g/mol. The molecule has 1 aliphatic rings. The minimum Gasteiger partial charge on any atom is -0.421 e. The van der Waals surface area contributed by atoms with E-state index in [1.165, 1.54) is 6.42 Å². The zero-order valence-electron chi connectivity index (χ0n) is 15.6. The van der Waals surface area contributed by atoms with Crippen LogP contribution < -0.4 is 0 Å². The van der Waals surface area contributed by atoms with Crippen LogP contribution in [0, 0.1) is 18.3 Å². The molecule has 1 saturated heterocycles. The van der Waals surface area contributed by atoms with Gasteiger partial charge in [-0.15, -0.1) is 10.2 Å². The van der Waals surface area contributed by atoms with E-state index >= 15 is 0 Å². The van der Waals surface area contributed by atoms with Crippen LogP contribution in [0.4, 0.5) is 0 Å². The predicted octanol–water partition coefficient (Wildman–Crippen LogP) is 4.33. The SMILES string of the molecule is Cc1nnc(-c2cccc(C(=O)N3CCC[C@@H](C(C)(C)C)CC3)c2)o1. The van der Waals surface area contributed by atoms with Gasteiger partial charge in [0.05, 0.1) is 0 Å². The third kappa shape index (κ3) is 4.09. The van der Waals surface area contributed by atoms with Crippen LogP contribution >= 0.6 is 0 Å². The number of rotatable bonds is 2. The molecule has 5 nitrogen and oxygen atoms in total. The summed E-state index contributed by atoms with van der Waals surface area (Å²) in [7, 11) is 0. The molecule has 0 N–H and O–H groups in total. The Hall–Kier alpha value is -2.17. The van der Waals surface area contributed by atoms with Gasteiger partial charge in [-0.1, -0.05) is 26.8 Å². The van der Waals surface area contributed by atoms with Gasteiger partial charge in [-0.3, -0.25) is 4.79 Å². The molecule has 5 heteroatoms. The van der Waals surface area contributed by atoms with E-state index in [1.54, 1.807) is 6.92 Å². The molecule has 1 aromatic heterocycles. The fourth-order valence-electron chi connectivity index (χ4n) is 3.55. The highest BCUT2D eigenvalue weighted by Crippen LogP contribution is 2.34. The maximum atomic E-state index is 13.0. The van der Waals surface area contributed by atoms with Crippen molar-refractivity contribution in [2.45, 2.75) is 47.0 Å². The van der Waals surface area contributed by atoms with Crippen LogP contribution in [0.2, 0.25) is 0 Å². The van der Waals surface area contributed by atoms with Gasteiger partial charge in [-0.05, 0) is 48.8 Å². The number of aromatic nitrogens is 2. The van der Waals surface area contributed by atoms with Crippen LogP contribution in [-0.2, 0) is 0 Å². The molecule has 1 atom stereocenters. The van der Waals surface area contributed by atoms with Gasteiger partial charge in [0.1, 0.15) is 0 Å². The second-order valence-corrected chi connectivity index (χ2v) is 7.99. The summed E-state index contributed by atoms with van der Waals surface area (Å²) >= 11 is 0. The first-order valence-corrected chi connectivity index (χ1v) is 9.04. The van der Waals surface area contributed by atoms with Gasteiger partial charge in [-0.25, -0.2) is 0 Å². The molecule has 0 saturated carbocycles. The molecule has 2 aromatic rings. The van der Waals surface area contributed by atoms with E-state index in [9.17, 15) is 4.79 Å². The Bertz CT molecular complexity index is 745. The lowest BCUT2D eigenvalue weighted by molar-refractivity contribution is 0.0755. The van der Waals surface area contributed by atoms with Crippen molar-refractivity contribution in [3.8, 4) is 11.5 Å². The first-order valence-electron chi connectivity index (χ1n) is 9.04. The fourth-order valence-corrected chi connectivity index (χ4v) is 3.55. The molecule has 1 aliphatic heterocycles. The van der Waals surface area contributed by atoms with Crippen LogP contribution in [0.5, 0.6) is 0 Å². The third-order valence-corrected chi connectivity index (χ3v) is 5.12. The van der Waals surface area contributed by atoms with Crippen molar-refractivity contribution in [2.24, 2.45) is 11.3 Å². The lowest BCUT2D eigenvalue weighted by atomic mass is 9.77. The van der Waals surface area contributed by atoms with E-state index in [0.717, 1.165) is 31.5 Å². The Kier molecular flexibility index (Phi) is 4.93. The van der Waals surface area contributed by atoms with Gasteiger partial charge < -0.3 is 9.32 Å². The van der Waals surface area contributed by atoms with E-state index in [2.05, 4.69) is 31.0 Å². The highest BCUT2D eigenvalue weighted by molar-refractivity contribution is 5.95. The molecule has 0 bridgehead atoms.